The van der Waals surface area contributed by atoms with Crippen molar-refractivity contribution >= 4 is 18.5 Å². The molecule has 0 atom stereocenters. The quantitative estimate of drug-likeness (QED) is 0.510. The Morgan fingerprint density at radius 1 is 1.03 bits per heavy atom. The third-order valence-electron chi connectivity index (χ3n) is 6.29. The van der Waals surface area contributed by atoms with Crippen molar-refractivity contribution in [3.8, 4) is 11.1 Å². The second-order valence-corrected chi connectivity index (χ2v) is 8.53. The molecule has 1 amide bonds. The lowest BCUT2D eigenvalue weighted by molar-refractivity contribution is 0.0712. The van der Waals surface area contributed by atoms with Crippen LogP contribution in [0.4, 0.5) is 4.39 Å². The van der Waals surface area contributed by atoms with Gasteiger partial charge in [-0.3, -0.25) is 4.79 Å². The Bertz CT molecular complexity index is 1130. The van der Waals surface area contributed by atoms with Gasteiger partial charge in [-0.15, -0.1) is 0 Å². The number of hydrogen-bond donors (Lipinski definition) is 3. The van der Waals surface area contributed by atoms with E-state index in [1.807, 2.05) is 42.3 Å². The molecule has 3 aromatic rings. The minimum atomic E-state index is -1.54. The largest absolute Gasteiger partial charge is 0.488 e. The van der Waals surface area contributed by atoms with Gasteiger partial charge in [-0.05, 0) is 71.7 Å². The van der Waals surface area contributed by atoms with Crippen molar-refractivity contribution < 1.29 is 19.2 Å². The molecule has 7 heteroatoms. The lowest BCUT2D eigenvalue weighted by Crippen LogP contribution is -2.38. The van der Waals surface area contributed by atoms with Crippen LogP contribution in [0.5, 0.6) is 0 Å². The minimum Gasteiger partial charge on any atom is -0.423 e. The van der Waals surface area contributed by atoms with Gasteiger partial charge in [-0.25, -0.2) is 4.39 Å². The number of carbonyl (C=O) groups is 1. The van der Waals surface area contributed by atoms with Crippen LogP contribution >= 0.6 is 0 Å². The number of benzene rings is 3. The Kier molecular flexibility index (Phi) is 7.23. The molecule has 1 saturated heterocycles. The smallest absolute Gasteiger partial charge is 0.423 e. The fourth-order valence-corrected chi connectivity index (χ4v) is 4.51. The van der Waals surface area contributed by atoms with E-state index in [0.717, 1.165) is 35.1 Å². The van der Waals surface area contributed by atoms with Gasteiger partial charge in [0.2, 0.25) is 0 Å². The van der Waals surface area contributed by atoms with Crippen LogP contribution in [0.2, 0.25) is 0 Å². The van der Waals surface area contributed by atoms with E-state index in [-0.39, 0.29) is 17.6 Å². The lowest BCUT2D eigenvalue weighted by atomic mass is 9.79. The molecule has 4 rings (SSSR count). The number of nitrogens with one attached hydrogen (secondary N) is 1. The SMILES string of the molecule is CNCc1ccc(F)c(C2CCN(C(=O)c3cccc(-c4cccc(B(O)O)c4)c3)CC2)c1. The topological polar surface area (TPSA) is 72.8 Å². The normalized spacial score (nSPS) is 14.4. The molecule has 0 unspecified atom stereocenters. The van der Waals surface area contributed by atoms with Gasteiger partial charge in [-0.1, -0.05) is 48.5 Å². The first-order chi connectivity index (χ1) is 16.0. The number of nitrogens with zero attached hydrogens (tertiary/aromatic N) is 1. The molecular formula is C26H28BFN2O3. The molecule has 0 spiro atoms. The van der Waals surface area contributed by atoms with Crippen molar-refractivity contribution in [3.63, 3.8) is 0 Å². The zero-order chi connectivity index (χ0) is 23.4. The molecule has 1 fully saturated rings. The molecule has 1 heterocycles. The van der Waals surface area contributed by atoms with Crippen molar-refractivity contribution in [1.82, 2.24) is 10.2 Å². The Hall–Kier alpha value is -3.00. The molecule has 0 aliphatic carbocycles. The van der Waals surface area contributed by atoms with Crippen molar-refractivity contribution in [1.29, 1.82) is 0 Å². The summed E-state index contributed by atoms with van der Waals surface area (Å²) in [6.45, 7) is 1.85. The highest BCUT2D eigenvalue weighted by molar-refractivity contribution is 6.58. The summed E-state index contributed by atoms with van der Waals surface area (Å²) in [5, 5.41) is 22.0. The first-order valence-corrected chi connectivity index (χ1v) is 11.2. The third kappa shape index (κ3) is 5.33. The molecule has 170 valence electrons. The van der Waals surface area contributed by atoms with Gasteiger partial charge in [0.15, 0.2) is 0 Å². The predicted octanol–water partition coefficient (Wildman–Crippen LogP) is 2.91. The Labute approximate surface area is 194 Å². The summed E-state index contributed by atoms with van der Waals surface area (Å²) in [6.07, 6.45) is 1.45. The number of carbonyl (C=O) groups excluding carboxylic acids is 1. The number of likely N-dealkylation sites (tertiary alicyclic amines) is 1. The van der Waals surface area contributed by atoms with Crippen LogP contribution in [-0.2, 0) is 6.54 Å². The summed E-state index contributed by atoms with van der Waals surface area (Å²) >= 11 is 0. The summed E-state index contributed by atoms with van der Waals surface area (Å²) in [5.41, 5.74) is 4.43. The molecule has 0 saturated carbocycles. The van der Waals surface area contributed by atoms with Gasteiger partial charge in [0.05, 0.1) is 0 Å². The first kappa shape index (κ1) is 23.2. The Balaban J connectivity index is 1.46. The molecule has 0 bridgehead atoms. The molecule has 0 aromatic heterocycles. The van der Waals surface area contributed by atoms with Gasteiger partial charge < -0.3 is 20.3 Å². The second-order valence-electron chi connectivity index (χ2n) is 8.53. The van der Waals surface area contributed by atoms with Gasteiger partial charge in [0.1, 0.15) is 5.82 Å². The summed E-state index contributed by atoms with van der Waals surface area (Å²) in [5.74, 6) is -0.120. The van der Waals surface area contributed by atoms with E-state index < -0.39 is 7.12 Å². The lowest BCUT2D eigenvalue weighted by Gasteiger charge is -2.32. The van der Waals surface area contributed by atoms with Gasteiger partial charge >= 0.3 is 7.12 Å². The zero-order valence-corrected chi connectivity index (χ0v) is 18.7. The van der Waals surface area contributed by atoms with E-state index in [0.29, 0.717) is 30.7 Å². The number of piperidine rings is 1. The van der Waals surface area contributed by atoms with Crippen molar-refractivity contribution in [2.45, 2.75) is 25.3 Å². The van der Waals surface area contributed by atoms with E-state index in [9.17, 15) is 19.2 Å². The molecule has 0 radical (unpaired) electrons. The van der Waals surface area contributed by atoms with Crippen LogP contribution in [0.15, 0.2) is 66.7 Å². The minimum absolute atomic E-state index is 0.0435. The fraction of sp³-hybridized carbons (Fsp3) is 0.269. The van der Waals surface area contributed by atoms with Crippen molar-refractivity contribution in [2.75, 3.05) is 20.1 Å². The predicted molar refractivity (Wildman–Crippen MR) is 129 cm³/mol. The molecule has 1 aliphatic heterocycles. The van der Waals surface area contributed by atoms with E-state index in [2.05, 4.69) is 5.32 Å². The number of rotatable bonds is 6. The van der Waals surface area contributed by atoms with Crippen LogP contribution in [0.1, 0.15) is 40.2 Å². The Morgan fingerprint density at radius 3 is 2.42 bits per heavy atom. The standard InChI is InChI=1S/C26H28BFN2O3/c1-29-17-18-8-9-25(28)24(14-18)19-10-12-30(13-11-19)26(31)22-6-2-4-20(15-22)21-5-3-7-23(16-21)27(32)33/h2-9,14-16,19,29,32-33H,10-13,17H2,1H3. The van der Waals surface area contributed by atoms with Crippen molar-refractivity contribution in [2.24, 2.45) is 0 Å². The average Bonchev–Trinajstić information content (AvgIpc) is 2.85. The molecule has 1 aliphatic rings. The molecular weight excluding hydrogens is 418 g/mol. The second kappa shape index (κ2) is 10.3. The van der Waals surface area contributed by atoms with Crippen molar-refractivity contribution in [3.05, 3.63) is 89.2 Å². The Morgan fingerprint density at radius 2 is 1.73 bits per heavy atom. The maximum Gasteiger partial charge on any atom is 0.488 e. The summed E-state index contributed by atoms with van der Waals surface area (Å²) in [4.78, 5) is 15.0. The third-order valence-corrected chi connectivity index (χ3v) is 6.29. The van der Waals surface area contributed by atoms with Crippen LogP contribution in [-0.4, -0.2) is 48.1 Å². The number of amides is 1. The van der Waals surface area contributed by atoms with Crippen LogP contribution in [0.25, 0.3) is 11.1 Å². The molecule has 33 heavy (non-hydrogen) atoms. The highest BCUT2D eigenvalue weighted by atomic mass is 19.1. The molecule has 5 nitrogen and oxygen atoms in total. The van der Waals surface area contributed by atoms with Crippen LogP contribution in [0, 0.1) is 5.82 Å². The van der Waals surface area contributed by atoms with Crippen LogP contribution in [0.3, 0.4) is 0 Å². The first-order valence-electron chi connectivity index (χ1n) is 11.2. The van der Waals surface area contributed by atoms with Gasteiger partial charge in [0, 0.05) is 25.2 Å². The monoisotopic (exact) mass is 446 g/mol. The van der Waals surface area contributed by atoms with E-state index >= 15 is 0 Å². The number of halogens is 1. The summed E-state index contributed by atoms with van der Waals surface area (Å²) < 4.78 is 14.5. The van der Waals surface area contributed by atoms with Crippen LogP contribution < -0.4 is 10.8 Å². The average molecular weight is 446 g/mol. The molecule has 3 N–H and O–H groups in total. The highest BCUT2D eigenvalue weighted by Crippen LogP contribution is 2.31. The van der Waals surface area contributed by atoms with E-state index in [4.69, 9.17) is 0 Å². The number of hydrogen-bond acceptors (Lipinski definition) is 4. The summed E-state index contributed by atoms with van der Waals surface area (Å²) in [7, 11) is 0.328. The maximum absolute atomic E-state index is 14.5. The van der Waals surface area contributed by atoms with E-state index in [1.165, 1.54) is 6.07 Å². The summed E-state index contributed by atoms with van der Waals surface area (Å²) in [6, 6.07) is 19.6. The maximum atomic E-state index is 14.5. The van der Waals surface area contributed by atoms with Gasteiger partial charge in [-0.2, -0.15) is 0 Å². The fourth-order valence-electron chi connectivity index (χ4n) is 4.51. The van der Waals surface area contributed by atoms with E-state index in [1.54, 1.807) is 30.3 Å². The zero-order valence-electron chi connectivity index (χ0n) is 18.7. The molecule has 3 aromatic carbocycles. The highest BCUT2D eigenvalue weighted by Gasteiger charge is 2.26. The van der Waals surface area contributed by atoms with Gasteiger partial charge in [0.25, 0.3) is 5.91 Å².